The molecule has 2 aromatic rings. The number of carbonyl (C=O) groups is 1. The van der Waals surface area contributed by atoms with E-state index in [2.05, 4.69) is 5.10 Å². The summed E-state index contributed by atoms with van der Waals surface area (Å²) in [5, 5.41) is 15.3. The van der Waals surface area contributed by atoms with E-state index in [1.807, 2.05) is 0 Å². The van der Waals surface area contributed by atoms with Gasteiger partial charge in [-0.1, -0.05) is 11.6 Å². The van der Waals surface area contributed by atoms with Crippen LogP contribution >= 0.6 is 11.6 Å². The third kappa shape index (κ3) is 3.09. The molecule has 0 unspecified atom stereocenters. The van der Waals surface area contributed by atoms with Crippen molar-refractivity contribution in [1.82, 2.24) is 14.7 Å². The Morgan fingerprint density at radius 1 is 1.50 bits per heavy atom. The molecule has 0 radical (unpaired) electrons. The highest BCUT2D eigenvalue weighted by Crippen LogP contribution is 2.21. The maximum Gasteiger partial charge on any atom is 0.272 e. The standard InChI is InChI=1S/C14H15ClN4O3/c1-9-6-10(4-5-12(9)19(21)22)14(20)17(2)8-13-11(15)7-16-18(13)3/h4-7H,8H2,1-3H3. The molecular weight excluding hydrogens is 308 g/mol. The van der Waals surface area contributed by atoms with Crippen LogP contribution in [0.1, 0.15) is 21.6 Å². The number of nitro groups is 1. The largest absolute Gasteiger partial charge is 0.336 e. The van der Waals surface area contributed by atoms with Crippen molar-refractivity contribution in [2.45, 2.75) is 13.5 Å². The fourth-order valence-corrected chi connectivity index (χ4v) is 2.35. The Hall–Kier alpha value is -2.41. The Balaban J connectivity index is 2.21. The average molecular weight is 323 g/mol. The van der Waals surface area contributed by atoms with Gasteiger partial charge in [-0.2, -0.15) is 5.10 Å². The minimum absolute atomic E-state index is 0.00566. The minimum Gasteiger partial charge on any atom is -0.336 e. The first-order valence-electron chi connectivity index (χ1n) is 6.48. The van der Waals surface area contributed by atoms with Crippen LogP contribution in [0, 0.1) is 17.0 Å². The van der Waals surface area contributed by atoms with E-state index in [4.69, 9.17) is 11.6 Å². The van der Waals surface area contributed by atoms with Crippen molar-refractivity contribution in [3.8, 4) is 0 Å². The summed E-state index contributed by atoms with van der Waals surface area (Å²) >= 11 is 6.02. The fourth-order valence-electron chi connectivity index (χ4n) is 2.12. The predicted molar refractivity (Wildman–Crippen MR) is 81.8 cm³/mol. The van der Waals surface area contributed by atoms with E-state index in [-0.39, 0.29) is 11.6 Å². The highest BCUT2D eigenvalue weighted by atomic mass is 35.5. The number of nitro benzene ring substituents is 1. The molecule has 0 fully saturated rings. The molecule has 1 aromatic heterocycles. The second-order valence-corrected chi connectivity index (χ2v) is 5.39. The van der Waals surface area contributed by atoms with Gasteiger partial charge in [-0.3, -0.25) is 19.6 Å². The first-order chi connectivity index (χ1) is 10.3. The van der Waals surface area contributed by atoms with Crippen LogP contribution in [0.3, 0.4) is 0 Å². The number of nitrogens with zero attached hydrogens (tertiary/aromatic N) is 4. The van der Waals surface area contributed by atoms with Crippen molar-refractivity contribution in [2.75, 3.05) is 7.05 Å². The molecule has 0 aliphatic carbocycles. The van der Waals surface area contributed by atoms with Crippen LogP contribution in [0.15, 0.2) is 24.4 Å². The van der Waals surface area contributed by atoms with Gasteiger partial charge in [0, 0.05) is 31.3 Å². The van der Waals surface area contributed by atoms with Gasteiger partial charge in [0.2, 0.25) is 0 Å². The van der Waals surface area contributed by atoms with Gasteiger partial charge in [0.15, 0.2) is 0 Å². The number of benzene rings is 1. The Labute approximate surface area is 132 Å². The summed E-state index contributed by atoms with van der Waals surface area (Å²) < 4.78 is 1.60. The minimum atomic E-state index is -0.470. The van der Waals surface area contributed by atoms with E-state index in [0.29, 0.717) is 22.7 Å². The molecule has 0 saturated heterocycles. The first kappa shape index (κ1) is 16.0. The molecule has 1 aromatic carbocycles. The number of aryl methyl sites for hydroxylation is 2. The topological polar surface area (TPSA) is 81.3 Å². The molecule has 1 amide bonds. The maximum absolute atomic E-state index is 12.4. The molecule has 0 aliphatic heterocycles. The van der Waals surface area contributed by atoms with E-state index < -0.39 is 4.92 Å². The molecule has 0 spiro atoms. The van der Waals surface area contributed by atoms with Crippen LogP contribution in [-0.2, 0) is 13.6 Å². The van der Waals surface area contributed by atoms with Gasteiger partial charge in [-0.05, 0) is 19.1 Å². The van der Waals surface area contributed by atoms with Gasteiger partial charge in [0.05, 0.1) is 28.4 Å². The SMILES string of the molecule is Cc1cc(C(=O)N(C)Cc2c(Cl)cnn2C)ccc1[N+](=O)[O-]. The van der Waals surface area contributed by atoms with Crippen molar-refractivity contribution in [3.63, 3.8) is 0 Å². The van der Waals surface area contributed by atoms with Crippen molar-refractivity contribution in [2.24, 2.45) is 7.05 Å². The Morgan fingerprint density at radius 2 is 2.18 bits per heavy atom. The molecule has 0 saturated carbocycles. The van der Waals surface area contributed by atoms with Crippen molar-refractivity contribution < 1.29 is 9.72 Å². The summed E-state index contributed by atoms with van der Waals surface area (Å²) in [5.41, 5.74) is 1.55. The number of hydrogen-bond acceptors (Lipinski definition) is 4. The second-order valence-electron chi connectivity index (χ2n) is 4.98. The monoisotopic (exact) mass is 322 g/mol. The summed E-state index contributed by atoms with van der Waals surface area (Å²) in [5.74, 6) is -0.240. The Kier molecular flexibility index (Phi) is 4.46. The number of rotatable bonds is 4. The highest BCUT2D eigenvalue weighted by Gasteiger charge is 2.18. The molecule has 0 aliphatic rings. The smallest absolute Gasteiger partial charge is 0.272 e. The molecule has 0 bridgehead atoms. The zero-order valence-electron chi connectivity index (χ0n) is 12.4. The van der Waals surface area contributed by atoms with Crippen molar-refractivity contribution in [1.29, 1.82) is 0 Å². The fraction of sp³-hybridized carbons (Fsp3) is 0.286. The number of halogens is 1. The molecule has 7 nitrogen and oxygen atoms in total. The van der Waals surface area contributed by atoms with E-state index in [9.17, 15) is 14.9 Å². The molecule has 116 valence electrons. The van der Waals surface area contributed by atoms with E-state index in [1.165, 1.54) is 29.3 Å². The number of amides is 1. The summed E-state index contributed by atoms with van der Waals surface area (Å²) in [6.45, 7) is 1.90. The number of hydrogen-bond donors (Lipinski definition) is 0. The third-order valence-electron chi connectivity index (χ3n) is 3.38. The summed E-state index contributed by atoms with van der Waals surface area (Å²) in [7, 11) is 3.39. The zero-order valence-corrected chi connectivity index (χ0v) is 13.2. The number of aromatic nitrogens is 2. The van der Waals surface area contributed by atoms with Crippen LogP contribution in [0.5, 0.6) is 0 Å². The van der Waals surface area contributed by atoms with Crippen molar-refractivity contribution >= 4 is 23.2 Å². The molecule has 2 rings (SSSR count). The van der Waals surface area contributed by atoms with Crippen LogP contribution in [0.2, 0.25) is 5.02 Å². The Bertz CT molecular complexity index is 722. The van der Waals surface area contributed by atoms with Gasteiger partial charge in [0.25, 0.3) is 11.6 Å². The molecule has 8 heteroatoms. The molecule has 0 N–H and O–H groups in total. The predicted octanol–water partition coefficient (Wildman–Crippen LogP) is 2.56. The lowest BCUT2D eigenvalue weighted by atomic mass is 10.1. The van der Waals surface area contributed by atoms with E-state index in [1.54, 1.807) is 25.7 Å². The average Bonchev–Trinajstić information content (AvgIpc) is 2.77. The van der Waals surface area contributed by atoms with Gasteiger partial charge < -0.3 is 4.90 Å². The molecule has 1 heterocycles. The molecule has 22 heavy (non-hydrogen) atoms. The van der Waals surface area contributed by atoms with Gasteiger partial charge in [-0.25, -0.2) is 0 Å². The lowest BCUT2D eigenvalue weighted by Gasteiger charge is -2.18. The highest BCUT2D eigenvalue weighted by molar-refractivity contribution is 6.31. The van der Waals surface area contributed by atoms with E-state index in [0.717, 1.165) is 5.69 Å². The van der Waals surface area contributed by atoms with Crippen LogP contribution in [0.25, 0.3) is 0 Å². The van der Waals surface area contributed by atoms with Crippen molar-refractivity contribution in [3.05, 3.63) is 56.4 Å². The molecule has 0 atom stereocenters. The summed E-state index contributed by atoms with van der Waals surface area (Å²) in [6.07, 6.45) is 1.52. The molecular formula is C14H15ClN4O3. The summed E-state index contributed by atoms with van der Waals surface area (Å²) in [4.78, 5) is 24.2. The van der Waals surface area contributed by atoms with Crippen LogP contribution < -0.4 is 0 Å². The second kappa shape index (κ2) is 6.15. The normalized spacial score (nSPS) is 10.5. The zero-order chi connectivity index (χ0) is 16.4. The summed E-state index contributed by atoms with van der Waals surface area (Å²) in [6, 6.07) is 4.31. The Morgan fingerprint density at radius 3 is 2.68 bits per heavy atom. The lowest BCUT2D eigenvalue weighted by molar-refractivity contribution is -0.385. The third-order valence-corrected chi connectivity index (χ3v) is 3.70. The van der Waals surface area contributed by atoms with Crippen LogP contribution in [0.4, 0.5) is 5.69 Å². The van der Waals surface area contributed by atoms with Crippen LogP contribution in [-0.4, -0.2) is 32.6 Å². The number of carbonyl (C=O) groups excluding carboxylic acids is 1. The van der Waals surface area contributed by atoms with Gasteiger partial charge >= 0.3 is 0 Å². The lowest BCUT2D eigenvalue weighted by Crippen LogP contribution is -2.27. The van der Waals surface area contributed by atoms with E-state index >= 15 is 0 Å². The van der Waals surface area contributed by atoms with Gasteiger partial charge in [-0.15, -0.1) is 0 Å². The van der Waals surface area contributed by atoms with Gasteiger partial charge in [0.1, 0.15) is 0 Å². The maximum atomic E-state index is 12.4. The first-order valence-corrected chi connectivity index (χ1v) is 6.86. The quantitative estimate of drug-likeness (QED) is 0.640.